The molecule has 94 valence electrons. The molecule has 0 aliphatic rings. The lowest BCUT2D eigenvalue weighted by Crippen LogP contribution is -2.12. The molecule has 2 nitrogen and oxygen atoms in total. The minimum absolute atomic E-state index is 0.939. The lowest BCUT2D eigenvalue weighted by molar-refractivity contribution is 0.393. The molecule has 1 aromatic carbocycles. The van der Waals surface area contributed by atoms with Crippen LogP contribution >= 0.6 is 0 Å². The van der Waals surface area contributed by atoms with Gasteiger partial charge in [-0.15, -0.1) is 6.58 Å². The minimum atomic E-state index is 0.939. The first-order chi connectivity index (χ1) is 8.17. The largest absolute Gasteiger partial charge is 0.497 e. The van der Waals surface area contributed by atoms with Crippen molar-refractivity contribution in [1.29, 1.82) is 0 Å². The SMILES string of the molecule is C=CCCCc1ccc(OC)cc1CN(C)C. The highest BCUT2D eigenvalue weighted by Crippen LogP contribution is 2.20. The van der Waals surface area contributed by atoms with E-state index in [-0.39, 0.29) is 0 Å². The molecule has 0 saturated heterocycles. The number of aryl methyl sites for hydroxylation is 1. The molecular weight excluding hydrogens is 210 g/mol. The third-order valence-corrected chi connectivity index (χ3v) is 2.75. The van der Waals surface area contributed by atoms with Crippen LogP contribution in [0.2, 0.25) is 0 Å². The molecule has 0 atom stereocenters. The first-order valence-corrected chi connectivity index (χ1v) is 6.08. The molecule has 0 aromatic heterocycles. The molecule has 0 unspecified atom stereocenters. The molecule has 0 heterocycles. The van der Waals surface area contributed by atoms with Crippen molar-refractivity contribution in [3.8, 4) is 5.75 Å². The van der Waals surface area contributed by atoms with Crippen molar-refractivity contribution in [2.24, 2.45) is 0 Å². The maximum atomic E-state index is 5.28. The molecule has 0 bridgehead atoms. The lowest BCUT2D eigenvalue weighted by Gasteiger charge is -2.15. The van der Waals surface area contributed by atoms with Crippen LogP contribution in [0.5, 0.6) is 5.75 Å². The summed E-state index contributed by atoms with van der Waals surface area (Å²) in [5.74, 6) is 0.939. The summed E-state index contributed by atoms with van der Waals surface area (Å²) in [6.07, 6.45) is 5.33. The summed E-state index contributed by atoms with van der Waals surface area (Å²) in [4.78, 5) is 2.19. The van der Waals surface area contributed by atoms with Crippen molar-refractivity contribution in [2.45, 2.75) is 25.8 Å². The first-order valence-electron chi connectivity index (χ1n) is 6.08. The van der Waals surface area contributed by atoms with Crippen LogP contribution in [0.4, 0.5) is 0 Å². The number of benzene rings is 1. The second-order valence-corrected chi connectivity index (χ2v) is 4.55. The molecular formula is C15H23NO. The number of rotatable bonds is 7. The normalized spacial score (nSPS) is 10.6. The first kappa shape index (κ1) is 13.8. The number of methoxy groups -OCH3 is 1. The molecule has 0 aliphatic heterocycles. The van der Waals surface area contributed by atoms with Gasteiger partial charge in [-0.3, -0.25) is 0 Å². The van der Waals surface area contributed by atoms with E-state index in [9.17, 15) is 0 Å². The zero-order chi connectivity index (χ0) is 12.7. The Hall–Kier alpha value is -1.28. The highest BCUT2D eigenvalue weighted by Gasteiger charge is 2.05. The van der Waals surface area contributed by atoms with Crippen molar-refractivity contribution in [1.82, 2.24) is 4.90 Å². The number of hydrogen-bond acceptors (Lipinski definition) is 2. The number of ether oxygens (including phenoxy) is 1. The topological polar surface area (TPSA) is 12.5 Å². The van der Waals surface area contributed by atoms with Gasteiger partial charge in [-0.2, -0.15) is 0 Å². The van der Waals surface area contributed by atoms with E-state index >= 15 is 0 Å². The Bertz CT molecular complexity index is 358. The van der Waals surface area contributed by atoms with Gasteiger partial charge < -0.3 is 9.64 Å². The summed E-state index contributed by atoms with van der Waals surface area (Å²) in [5.41, 5.74) is 2.78. The maximum absolute atomic E-state index is 5.28. The molecule has 0 spiro atoms. The zero-order valence-electron chi connectivity index (χ0n) is 11.2. The zero-order valence-corrected chi connectivity index (χ0v) is 11.2. The van der Waals surface area contributed by atoms with Crippen molar-refractivity contribution in [2.75, 3.05) is 21.2 Å². The quantitative estimate of drug-likeness (QED) is 0.529. The molecule has 0 fully saturated rings. The summed E-state index contributed by atoms with van der Waals surface area (Å²) < 4.78 is 5.28. The molecule has 1 aromatic rings. The third kappa shape index (κ3) is 4.61. The van der Waals surface area contributed by atoms with Crippen LogP contribution < -0.4 is 4.74 Å². The minimum Gasteiger partial charge on any atom is -0.497 e. The van der Waals surface area contributed by atoms with Gasteiger partial charge in [-0.1, -0.05) is 12.1 Å². The number of hydrogen-bond donors (Lipinski definition) is 0. The van der Waals surface area contributed by atoms with Crippen molar-refractivity contribution < 1.29 is 4.74 Å². The van der Waals surface area contributed by atoms with Gasteiger partial charge >= 0.3 is 0 Å². The monoisotopic (exact) mass is 233 g/mol. The Labute approximate surface area is 105 Å². The maximum Gasteiger partial charge on any atom is 0.119 e. The third-order valence-electron chi connectivity index (χ3n) is 2.75. The second kappa shape index (κ2) is 7.13. The Balaban J connectivity index is 2.81. The van der Waals surface area contributed by atoms with E-state index < -0.39 is 0 Å². The molecule has 0 radical (unpaired) electrons. The summed E-state index contributed by atoms with van der Waals surface area (Å²) in [5, 5.41) is 0. The molecule has 0 N–H and O–H groups in total. The molecule has 17 heavy (non-hydrogen) atoms. The van der Waals surface area contributed by atoms with Crippen LogP contribution in [-0.4, -0.2) is 26.1 Å². The fourth-order valence-corrected chi connectivity index (χ4v) is 1.90. The number of allylic oxidation sites excluding steroid dienone is 1. The van der Waals surface area contributed by atoms with E-state index in [2.05, 4.69) is 37.7 Å². The van der Waals surface area contributed by atoms with E-state index in [0.717, 1.165) is 31.6 Å². The predicted molar refractivity (Wildman–Crippen MR) is 73.5 cm³/mol. The van der Waals surface area contributed by atoms with E-state index in [1.165, 1.54) is 11.1 Å². The molecule has 0 amide bonds. The van der Waals surface area contributed by atoms with Crippen molar-refractivity contribution in [3.05, 3.63) is 42.0 Å². The Kier molecular flexibility index (Phi) is 5.78. The number of nitrogens with zero attached hydrogens (tertiary/aromatic N) is 1. The van der Waals surface area contributed by atoms with Gasteiger partial charge in [-0.25, -0.2) is 0 Å². The molecule has 0 aliphatic carbocycles. The van der Waals surface area contributed by atoms with E-state index in [1.54, 1.807) is 7.11 Å². The van der Waals surface area contributed by atoms with Crippen molar-refractivity contribution in [3.63, 3.8) is 0 Å². The van der Waals surface area contributed by atoms with Gasteiger partial charge in [0.2, 0.25) is 0 Å². The Morgan fingerprint density at radius 2 is 2.06 bits per heavy atom. The van der Waals surface area contributed by atoms with Crippen LogP contribution in [0.3, 0.4) is 0 Å². The summed E-state index contributed by atoms with van der Waals surface area (Å²) in [6, 6.07) is 6.37. The average Bonchev–Trinajstić information content (AvgIpc) is 2.30. The summed E-state index contributed by atoms with van der Waals surface area (Å²) in [6.45, 7) is 4.72. The fraction of sp³-hybridized carbons (Fsp3) is 0.467. The molecule has 0 saturated carbocycles. The molecule has 1 rings (SSSR count). The second-order valence-electron chi connectivity index (χ2n) is 4.55. The Morgan fingerprint density at radius 1 is 1.29 bits per heavy atom. The van der Waals surface area contributed by atoms with E-state index in [0.29, 0.717) is 0 Å². The van der Waals surface area contributed by atoms with Gasteiger partial charge in [0.05, 0.1) is 7.11 Å². The summed E-state index contributed by atoms with van der Waals surface area (Å²) in [7, 11) is 5.89. The van der Waals surface area contributed by atoms with Gasteiger partial charge in [0.25, 0.3) is 0 Å². The highest BCUT2D eigenvalue weighted by atomic mass is 16.5. The van der Waals surface area contributed by atoms with E-state index in [4.69, 9.17) is 4.74 Å². The van der Waals surface area contributed by atoms with Crippen molar-refractivity contribution >= 4 is 0 Å². The highest BCUT2D eigenvalue weighted by molar-refractivity contribution is 5.35. The standard InChI is InChI=1S/C15H23NO/c1-5-6-7-8-13-9-10-15(17-4)11-14(13)12-16(2)3/h5,9-11H,1,6-8,12H2,2-4H3. The van der Waals surface area contributed by atoms with Gasteiger partial charge in [-0.05, 0) is 56.6 Å². The Morgan fingerprint density at radius 3 is 2.65 bits per heavy atom. The molecule has 2 heteroatoms. The van der Waals surface area contributed by atoms with Crippen LogP contribution in [0.25, 0.3) is 0 Å². The van der Waals surface area contributed by atoms with Crippen LogP contribution in [0.1, 0.15) is 24.0 Å². The predicted octanol–water partition coefficient (Wildman–Crippen LogP) is 3.27. The van der Waals surface area contributed by atoms with Gasteiger partial charge in [0.15, 0.2) is 0 Å². The smallest absolute Gasteiger partial charge is 0.119 e. The van der Waals surface area contributed by atoms with Gasteiger partial charge in [0.1, 0.15) is 5.75 Å². The van der Waals surface area contributed by atoms with E-state index in [1.807, 2.05) is 12.1 Å². The summed E-state index contributed by atoms with van der Waals surface area (Å²) >= 11 is 0. The van der Waals surface area contributed by atoms with Crippen LogP contribution in [0.15, 0.2) is 30.9 Å². The fourth-order valence-electron chi connectivity index (χ4n) is 1.90. The number of unbranched alkanes of at least 4 members (excludes halogenated alkanes) is 1. The van der Waals surface area contributed by atoms with Crippen LogP contribution in [-0.2, 0) is 13.0 Å². The average molecular weight is 233 g/mol. The van der Waals surface area contributed by atoms with Gasteiger partial charge in [0, 0.05) is 6.54 Å². The lowest BCUT2D eigenvalue weighted by atomic mass is 10.0. The van der Waals surface area contributed by atoms with Crippen LogP contribution in [0, 0.1) is 0 Å².